The van der Waals surface area contributed by atoms with Crippen molar-refractivity contribution in [2.45, 2.75) is 18.2 Å². The molecule has 0 spiro atoms. The van der Waals surface area contributed by atoms with Gasteiger partial charge in [-0.25, -0.2) is 8.42 Å². The number of carbonyl (C=O) groups is 2. The molecule has 9 heteroatoms. The van der Waals surface area contributed by atoms with Crippen molar-refractivity contribution >= 4 is 33.2 Å². The third-order valence-electron chi connectivity index (χ3n) is 4.83. The Hall–Kier alpha value is -3.85. The number of nitrogens with zero attached hydrogens (tertiary/aromatic N) is 1. The summed E-state index contributed by atoms with van der Waals surface area (Å²) in [5.41, 5.74) is 7.44. The third kappa shape index (κ3) is 5.89. The van der Waals surface area contributed by atoms with Gasteiger partial charge in [-0.15, -0.1) is 0 Å². The Kier molecular flexibility index (Phi) is 7.34. The van der Waals surface area contributed by atoms with Gasteiger partial charge in [0, 0.05) is 5.69 Å². The van der Waals surface area contributed by atoms with E-state index in [4.69, 9.17) is 10.5 Å². The van der Waals surface area contributed by atoms with Crippen molar-refractivity contribution < 1.29 is 22.7 Å². The number of para-hydroxylation sites is 1. The number of methoxy groups -OCH3 is 1. The van der Waals surface area contributed by atoms with E-state index in [2.05, 4.69) is 5.32 Å². The number of hydrogen-bond donors (Lipinski definition) is 2. The zero-order valence-corrected chi connectivity index (χ0v) is 19.1. The minimum absolute atomic E-state index is 0.0301. The second-order valence-corrected chi connectivity index (χ2v) is 9.22. The van der Waals surface area contributed by atoms with E-state index in [9.17, 15) is 18.0 Å². The van der Waals surface area contributed by atoms with Crippen LogP contribution in [0.25, 0.3) is 0 Å². The van der Waals surface area contributed by atoms with Crippen LogP contribution in [0.4, 0.5) is 11.4 Å². The van der Waals surface area contributed by atoms with Gasteiger partial charge >= 0.3 is 0 Å². The maximum Gasteiger partial charge on any atom is 0.268 e. The molecule has 33 heavy (non-hydrogen) atoms. The highest BCUT2D eigenvalue weighted by Crippen LogP contribution is 2.30. The average molecular weight is 468 g/mol. The molecule has 0 aliphatic rings. The molecule has 3 rings (SSSR count). The van der Waals surface area contributed by atoms with Gasteiger partial charge in [-0.05, 0) is 54.4 Å². The SMILES string of the molecule is COc1ccc(C)cc1S(=O)(=O)N(CC(=O)Nc1ccc(CC(N)=O)cc1)c1ccccc1. The summed E-state index contributed by atoms with van der Waals surface area (Å²) in [6.07, 6.45) is 0.0899. The summed E-state index contributed by atoms with van der Waals surface area (Å²) in [6, 6.07) is 19.8. The van der Waals surface area contributed by atoms with Gasteiger partial charge in [-0.3, -0.25) is 13.9 Å². The summed E-state index contributed by atoms with van der Waals surface area (Å²) >= 11 is 0. The van der Waals surface area contributed by atoms with Crippen LogP contribution in [0.15, 0.2) is 77.7 Å². The van der Waals surface area contributed by atoms with E-state index >= 15 is 0 Å². The Balaban J connectivity index is 1.90. The van der Waals surface area contributed by atoms with E-state index < -0.39 is 28.4 Å². The molecule has 0 atom stereocenters. The van der Waals surface area contributed by atoms with Crippen LogP contribution in [0.5, 0.6) is 5.75 Å². The van der Waals surface area contributed by atoms with Gasteiger partial charge in [-0.2, -0.15) is 0 Å². The largest absolute Gasteiger partial charge is 0.495 e. The first kappa shape index (κ1) is 23.8. The quantitative estimate of drug-likeness (QED) is 0.502. The lowest BCUT2D eigenvalue weighted by atomic mass is 10.1. The molecule has 172 valence electrons. The standard InChI is InChI=1S/C24H25N3O5S/c1-17-8-13-21(32-2)22(14-17)33(30,31)27(20-6-4-3-5-7-20)16-24(29)26-19-11-9-18(10-12-19)15-23(25)28/h3-14H,15-16H2,1-2H3,(H2,25,28)(H,26,29). The Morgan fingerprint density at radius 1 is 1.00 bits per heavy atom. The van der Waals surface area contributed by atoms with Gasteiger partial charge in [0.2, 0.25) is 11.8 Å². The zero-order chi connectivity index (χ0) is 24.0. The molecular weight excluding hydrogens is 442 g/mol. The molecule has 8 nitrogen and oxygen atoms in total. The number of hydrogen-bond acceptors (Lipinski definition) is 5. The van der Waals surface area contributed by atoms with Crippen molar-refractivity contribution in [1.82, 2.24) is 0 Å². The minimum atomic E-state index is -4.13. The molecule has 0 radical (unpaired) electrons. The molecule has 2 amide bonds. The smallest absolute Gasteiger partial charge is 0.268 e. The highest BCUT2D eigenvalue weighted by molar-refractivity contribution is 7.93. The van der Waals surface area contributed by atoms with Crippen LogP contribution >= 0.6 is 0 Å². The topological polar surface area (TPSA) is 119 Å². The highest BCUT2D eigenvalue weighted by atomic mass is 32.2. The fourth-order valence-corrected chi connectivity index (χ4v) is 4.92. The van der Waals surface area contributed by atoms with Gasteiger partial charge in [0.05, 0.1) is 19.2 Å². The Morgan fingerprint density at radius 3 is 2.27 bits per heavy atom. The van der Waals surface area contributed by atoms with Crippen molar-refractivity contribution in [2.24, 2.45) is 5.73 Å². The maximum absolute atomic E-state index is 13.6. The second kappa shape index (κ2) is 10.2. The normalized spacial score (nSPS) is 11.0. The van der Waals surface area contributed by atoms with E-state index in [1.165, 1.54) is 13.2 Å². The van der Waals surface area contributed by atoms with Crippen LogP contribution < -0.4 is 20.1 Å². The molecule has 0 saturated heterocycles. The molecule has 0 bridgehead atoms. The minimum Gasteiger partial charge on any atom is -0.495 e. The van der Waals surface area contributed by atoms with E-state index in [-0.39, 0.29) is 17.1 Å². The van der Waals surface area contributed by atoms with Crippen LogP contribution in [-0.2, 0) is 26.0 Å². The van der Waals surface area contributed by atoms with Crippen LogP contribution in [0.2, 0.25) is 0 Å². The Bertz CT molecular complexity index is 1240. The molecule has 0 aliphatic heterocycles. The number of nitrogens with one attached hydrogen (secondary N) is 1. The fraction of sp³-hybridized carbons (Fsp3) is 0.167. The maximum atomic E-state index is 13.6. The predicted octanol–water partition coefficient (Wildman–Crippen LogP) is 2.87. The lowest BCUT2D eigenvalue weighted by molar-refractivity contribution is -0.117. The van der Waals surface area contributed by atoms with Gasteiger partial charge in [-0.1, -0.05) is 36.4 Å². The predicted molar refractivity (Wildman–Crippen MR) is 127 cm³/mol. The number of nitrogens with two attached hydrogens (primary N) is 1. The van der Waals surface area contributed by atoms with Crippen LogP contribution in [0.1, 0.15) is 11.1 Å². The lowest BCUT2D eigenvalue weighted by Crippen LogP contribution is -2.38. The van der Waals surface area contributed by atoms with Crippen molar-refractivity contribution in [1.29, 1.82) is 0 Å². The molecule has 0 saturated carbocycles. The first-order valence-corrected chi connectivity index (χ1v) is 11.5. The molecule has 3 aromatic rings. The molecule has 0 aromatic heterocycles. The summed E-state index contributed by atoms with van der Waals surface area (Å²) < 4.78 is 33.6. The summed E-state index contributed by atoms with van der Waals surface area (Å²) in [6.45, 7) is 1.33. The van der Waals surface area contributed by atoms with Crippen LogP contribution in [-0.4, -0.2) is 33.9 Å². The second-order valence-electron chi connectivity index (χ2n) is 7.39. The number of aryl methyl sites for hydroxylation is 1. The van der Waals surface area contributed by atoms with E-state index in [1.54, 1.807) is 73.7 Å². The van der Waals surface area contributed by atoms with Crippen molar-refractivity contribution in [2.75, 3.05) is 23.3 Å². The number of carbonyl (C=O) groups excluding carboxylic acids is 2. The Morgan fingerprint density at radius 2 is 1.67 bits per heavy atom. The number of primary amides is 1. The van der Waals surface area contributed by atoms with Crippen LogP contribution in [0, 0.1) is 6.92 Å². The summed E-state index contributed by atoms with van der Waals surface area (Å²) in [5.74, 6) is -0.800. The van der Waals surface area contributed by atoms with Crippen molar-refractivity contribution in [3.8, 4) is 5.75 Å². The van der Waals surface area contributed by atoms with E-state index in [1.807, 2.05) is 0 Å². The van der Waals surface area contributed by atoms with Crippen LogP contribution in [0.3, 0.4) is 0 Å². The highest BCUT2D eigenvalue weighted by Gasteiger charge is 2.30. The zero-order valence-electron chi connectivity index (χ0n) is 18.3. The number of ether oxygens (including phenoxy) is 1. The summed E-state index contributed by atoms with van der Waals surface area (Å²) in [5, 5.41) is 2.69. The number of benzene rings is 3. The Labute approximate surface area is 193 Å². The van der Waals surface area contributed by atoms with Gasteiger partial charge in [0.1, 0.15) is 17.2 Å². The monoisotopic (exact) mass is 467 g/mol. The lowest BCUT2D eigenvalue weighted by Gasteiger charge is -2.25. The fourth-order valence-electron chi connectivity index (χ4n) is 3.25. The molecule has 0 fully saturated rings. The third-order valence-corrected chi connectivity index (χ3v) is 6.63. The van der Waals surface area contributed by atoms with E-state index in [0.717, 1.165) is 9.87 Å². The molecule has 3 aromatic carbocycles. The summed E-state index contributed by atoms with van der Waals surface area (Å²) in [7, 11) is -2.74. The first-order chi connectivity index (χ1) is 15.7. The molecular formula is C24H25N3O5S. The average Bonchev–Trinajstić information content (AvgIpc) is 2.79. The number of amides is 2. The van der Waals surface area contributed by atoms with E-state index in [0.29, 0.717) is 16.9 Å². The van der Waals surface area contributed by atoms with Crippen molar-refractivity contribution in [3.63, 3.8) is 0 Å². The molecule has 0 unspecified atom stereocenters. The van der Waals surface area contributed by atoms with Gasteiger partial charge in [0.15, 0.2) is 0 Å². The van der Waals surface area contributed by atoms with Gasteiger partial charge in [0.25, 0.3) is 10.0 Å². The molecule has 0 heterocycles. The molecule has 0 aliphatic carbocycles. The first-order valence-electron chi connectivity index (χ1n) is 10.1. The van der Waals surface area contributed by atoms with Gasteiger partial charge < -0.3 is 15.8 Å². The molecule has 3 N–H and O–H groups in total. The summed E-state index contributed by atoms with van der Waals surface area (Å²) in [4.78, 5) is 23.9. The van der Waals surface area contributed by atoms with Crippen molar-refractivity contribution in [3.05, 3.63) is 83.9 Å². The number of sulfonamides is 1. The number of anilines is 2. The number of rotatable bonds is 9.